The monoisotopic (exact) mass is 337 g/mol. The van der Waals surface area contributed by atoms with Crippen LogP contribution in [0.4, 0.5) is 11.4 Å². The molecule has 1 saturated heterocycles. The van der Waals surface area contributed by atoms with Crippen molar-refractivity contribution < 1.29 is 4.79 Å². The Morgan fingerprint density at radius 1 is 1.13 bits per heavy atom. The first-order valence-corrected chi connectivity index (χ1v) is 9.13. The summed E-state index contributed by atoms with van der Waals surface area (Å²) in [6.45, 7) is 2.82. The van der Waals surface area contributed by atoms with Crippen LogP contribution in [0.2, 0.25) is 5.02 Å². The number of nitrogens with two attached hydrogens (primary N) is 1. The molecule has 1 amide bonds. The Morgan fingerprint density at radius 3 is 2.61 bits per heavy atom. The van der Waals surface area contributed by atoms with Gasteiger partial charge in [-0.05, 0) is 56.8 Å². The van der Waals surface area contributed by atoms with Gasteiger partial charge < -0.3 is 16.0 Å². The van der Waals surface area contributed by atoms with E-state index in [4.69, 9.17) is 17.3 Å². The second-order valence-corrected chi connectivity index (χ2v) is 6.65. The molecule has 23 heavy (non-hydrogen) atoms. The molecule has 0 bridgehead atoms. The molecule has 1 aromatic carbocycles. The molecular weight excluding hydrogens is 310 g/mol. The summed E-state index contributed by atoms with van der Waals surface area (Å²) in [6, 6.07) is 5.77. The van der Waals surface area contributed by atoms with Crippen LogP contribution in [-0.4, -0.2) is 25.5 Å². The Hall–Kier alpha value is -1.26. The Balaban J connectivity index is 1.92. The van der Waals surface area contributed by atoms with Gasteiger partial charge in [0.2, 0.25) is 5.91 Å². The second kappa shape index (κ2) is 9.78. The molecule has 0 aromatic heterocycles. The van der Waals surface area contributed by atoms with Crippen molar-refractivity contribution in [2.45, 2.75) is 51.4 Å². The Labute approximate surface area is 144 Å². The number of amides is 1. The van der Waals surface area contributed by atoms with Gasteiger partial charge in [0, 0.05) is 24.5 Å². The third-order valence-corrected chi connectivity index (χ3v) is 4.52. The third-order valence-electron chi connectivity index (χ3n) is 4.29. The van der Waals surface area contributed by atoms with E-state index in [1.165, 1.54) is 19.3 Å². The molecule has 0 radical (unpaired) electrons. The van der Waals surface area contributed by atoms with Crippen molar-refractivity contribution in [2.75, 3.05) is 29.9 Å². The molecule has 1 aliphatic heterocycles. The number of unbranched alkanes of at least 4 members (excludes halogenated alkanes) is 3. The lowest BCUT2D eigenvalue weighted by atomic mass is 10.1. The fraction of sp³-hybridized carbons (Fsp3) is 0.611. The zero-order chi connectivity index (χ0) is 16.5. The minimum Gasteiger partial charge on any atom is -0.370 e. The van der Waals surface area contributed by atoms with Crippen LogP contribution in [0, 0.1) is 0 Å². The molecule has 0 spiro atoms. The number of rotatable bonds is 8. The van der Waals surface area contributed by atoms with Crippen LogP contribution in [0.3, 0.4) is 0 Å². The first kappa shape index (κ1) is 18.1. The van der Waals surface area contributed by atoms with Gasteiger partial charge in [0.25, 0.3) is 0 Å². The molecule has 3 N–H and O–H groups in total. The van der Waals surface area contributed by atoms with E-state index in [0.717, 1.165) is 56.7 Å². The lowest BCUT2D eigenvalue weighted by Gasteiger charge is -2.30. The third kappa shape index (κ3) is 6.04. The number of nitrogens with one attached hydrogen (secondary N) is 1. The fourth-order valence-electron chi connectivity index (χ4n) is 3.02. The Bertz CT molecular complexity index is 501. The van der Waals surface area contributed by atoms with Gasteiger partial charge in [-0.3, -0.25) is 4.79 Å². The smallest absolute Gasteiger partial charge is 0.224 e. The standard InChI is InChI=1S/C18H28ClN3O/c19-15-9-10-17(22-12-6-3-7-13-22)16(14-15)21-18(23)8-4-1-2-5-11-20/h9-10,14H,1-8,11-13,20H2,(H,21,23). The highest BCUT2D eigenvalue weighted by molar-refractivity contribution is 6.31. The van der Waals surface area contributed by atoms with Gasteiger partial charge in [-0.2, -0.15) is 0 Å². The molecule has 0 saturated carbocycles. The molecule has 1 aliphatic rings. The van der Waals surface area contributed by atoms with Crippen molar-refractivity contribution in [3.63, 3.8) is 0 Å². The minimum absolute atomic E-state index is 0.0678. The predicted octanol–water partition coefficient (Wildman–Crippen LogP) is 4.18. The lowest BCUT2D eigenvalue weighted by Crippen LogP contribution is -2.30. The summed E-state index contributed by atoms with van der Waals surface area (Å²) >= 11 is 6.12. The lowest BCUT2D eigenvalue weighted by molar-refractivity contribution is -0.116. The number of halogens is 1. The number of hydrogen-bond donors (Lipinski definition) is 2. The highest BCUT2D eigenvalue weighted by atomic mass is 35.5. The Kier molecular flexibility index (Phi) is 7.69. The van der Waals surface area contributed by atoms with E-state index < -0.39 is 0 Å². The quantitative estimate of drug-likeness (QED) is 0.700. The van der Waals surface area contributed by atoms with Crippen molar-refractivity contribution in [2.24, 2.45) is 5.73 Å². The number of carbonyl (C=O) groups is 1. The summed E-state index contributed by atoms with van der Waals surface area (Å²) in [4.78, 5) is 14.5. The first-order chi connectivity index (χ1) is 11.2. The van der Waals surface area contributed by atoms with Crippen LogP contribution >= 0.6 is 11.6 Å². The fourth-order valence-corrected chi connectivity index (χ4v) is 3.19. The zero-order valence-corrected chi connectivity index (χ0v) is 14.6. The molecule has 128 valence electrons. The van der Waals surface area contributed by atoms with E-state index in [9.17, 15) is 4.79 Å². The molecule has 0 aliphatic carbocycles. The number of nitrogens with zero attached hydrogens (tertiary/aromatic N) is 1. The van der Waals surface area contributed by atoms with Crippen molar-refractivity contribution in [3.8, 4) is 0 Å². The van der Waals surface area contributed by atoms with E-state index in [-0.39, 0.29) is 5.91 Å². The maximum Gasteiger partial charge on any atom is 0.224 e. The van der Waals surface area contributed by atoms with Gasteiger partial charge in [-0.25, -0.2) is 0 Å². The largest absolute Gasteiger partial charge is 0.370 e. The number of anilines is 2. The molecule has 5 heteroatoms. The number of hydrogen-bond acceptors (Lipinski definition) is 3. The summed E-state index contributed by atoms with van der Waals surface area (Å²) < 4.78 is 0. The minimum atomic E-state index is 0.0678. The van der Waals surface area contributed by atoms with E-state index in [0.29, 0.717) is 11.4 Å². The van der Waals surface area contributed by atoms with Crippen LogP contribution in [0.15, 0.2) is 18.2 Å². The zero-order valence-electron chi connectivity index (χ0n) is 13.8. The average Bonchev–Trinajstić information content (AvgIpc) is 2.55. The van der Waals surface area contributed by atoms with E-state index in [1.807, 2.05) is 18.2 Å². The molecule has 0 atom stereocenters. The summed E-state index contributed by atoms with van der Waals surface area (Å²) in [5.41, 5.74) is 7.41. The summed E-state index contributed by atoms with van der Waals surface area (Å²) in [5.74, 6) is 0.0678. The molecular formula is C18H28ClN3O. The maximum atomic E-state index is 12.2. The topological polar surface area (TPSA) is 58.4 Å². The summed E-state index contributed by atoms with van der Waals surface area (Å²) in [7, 11) is 0. The molecule has 1 aromatic rings. The Morgan fingerprint density at radius 2 is 1.87 bits per heavy atom. The SMILES string of the molecule is NCCCCCCC(=O)Nc1cc(Cl)ccc1N1CCCCC1. The van der Waals surface area contributed by atoms with Crippen LogP contribution in [0.1, 0.15) is 51.4 Å². The van der Waals surface area contributed by atoms with Crippen molar-refractivity contribution in [1.82, 2.24) is 0 Å². The molecule has 2 rings (SSSR count). The van der Waals surface area contributed by atoms with Crippen LogP contribution in [-0.2, 0) is 4.79 Å². The number of piperidine rings is 1. The molecule has 1 fully saturated rings. The maximum absolute atomic E-state index is 12.2. The van der Waals surface area contributed by atoms with E-state index in [1.54, 1.807) is 0 Å². The highest BCUT2D eigenvalue weighted by Crippen LogP contribution is 2.31. The van der Waals surface area contributed by atoms with Crippen molar-refractivity contribution in [1.29, 1.82) is 0 Å². The first-order valence-electron chi connectivity index (χ1n) is 8.75. The van der Waals surface area contributed by atoms with E-state index in [2.05, 4.69) is 10.2 Å². The van der Waals surface area contributed by atoms with Gasteiger partial charge in [0.05, 0.1) is 11.4 Å². The molecule has 4 nitrogen and oxygen atoms in total. The van der Waals surface area contributed by atoms with Crippen LogP contribution in [0.5, 0.6) is 0 Å². The van der Waals surface area contributed by atoms with Gasteiger partial charge >= 0.3 is 0 Å². The van der Waals surface area contributed by atoms with Gasteiger partial charge in [0.15, 0.2) is 0 Å². The van der Waals surface area contributed by atoms with Gasteiger partial charge in [0.1, 0.15) is 0 Å². The number of benzene rings is 1. The second-order valence-electron chi connectivity index (χ2n) is 6.21. The van der Waals surface area contributed by atoms with E-state index >= 15 is 0 Å². The molecule has 0 unspecified atom stereocenters. The van der Waals surface area contributed by atoms with Crippen molar-refractivity contribution >= 4 is 28.9 Å². The van der Waals surface area contributed by atoms with Crippen LogP contribution < -0.4 is 16.0 Å². The summed E-state index contributed by atoms with van der Waals surface area (Å²) in [5, 5.41) is 3.71. The summed E-state index contributed by atoms with van der Waals surface area (Å²) in [6.07, 6.45) is 8.35. The average molecular weight is 338 g/mol. The predicted molar refractivity (Wildman–Crippen MR) is 98.3 cm³/mol. The molecule has 1 heterocycles. The van der Waals surface area contributed by atoms with Gasteiger partial charge in [-0.15, -0.1) is 0 Å². The number of carbonyl (C=O) groups excluding carboxylic acids is 1. The van der Waals surface area contributed by atoms with Gasteiger partial charge in [-0.1, -0.05) is 24.4 Å². The van der Waals surface area contributed by atoms with Crippen molar-refractivity contribution in [3.05, 3.63) is 23.2 Å². The normalized spacial score (nSPS) is 14.8. The van der Waals surface area contributed by atoms with Crippen LogP contribution in [0.25, 0.3) is 0 Å². The highest BCUT2D eigenvalue weighted by Gasteiger charge is 2.16.